The van der Waals surface area contributed by atoms with Gasteiger partial charge in [-0.15, -0.1) is 5.10 Å². The van der Waals surface area contributed by atoms with E-state index in [1.54, 1.807) is 10.7 Å². The van der Waals surface area contributed by atoms with Crippen LogP contribution < -0.4 is 9.47 Å². The number of hydrogen-bond acceptors (Lipinski definition) is 8. The minimum Gasteiger partial charge on any atom is -0.494 e. The molecule has 0 spiro atoms. The predicted octanol–water partition coefficient (Wildman–Crippen LogP) is 3.81. The molecule has 2 aromatic carbocycles. The Balaban J connectivity index is 1.36. The summed E-state index contributed by atoms with van der Waals surface area (Å²) in [6, 6.07) is 12.3. The summed E-state index contributed by atoms with van der Waals surface area (Å²) in [5.74, 6) is 0.891. The molecule has 1 aliphatic heterocycles. The summed E-state index contributed by atoms with van der Waals surface area (Å²) in [5, 5.41) is 12.4. The highest BCUT2D eigenvalue weighted by molar-refractivity contribution is 5.59. The van der Waals surface area contributed by atoms with Crippen LogP contribution in [-0.2, 0) is 17.9 Å². The predicted molar refractivity (Wildman–Crippen MR) is 110 cm³/mol. The van der Waals surface area contributed by atoms with Gasteiger partial charge >= 0.3 is 0 Å². The number of halogens is 1. The second kappa shape index (κ2) is 8.39. The molecule has 3 heterocycles. The van der Waals surface area contributed by atoms with E-state index in [1.165, 1.54) is 19.2 Å². The molecule has 1 unspecified atom stereocenters. The van der Waals surface area contributed by atoms with Gasteiger partial charge in [0.1, 0.15) is 11.9 Å². The Kier molecular flexibility index (Phi) is 5.28. The SMILES string of the molecule is CCOc1ccc(C2Cn3nnc(-c4nc(-c5ccc(OC)c(F)c5)no4)c3CO2)cc1. The number of rotatable bonds is 6. The molecule has 9 nitrogen and oxygen atoms in total. The lowest BCUT2D eigenvalue weighted by Crippen LogP contribution is -2.22. The zero-order valence-electron chi connectivity index (χ0n) is 17.5. The smallest absolute Gasteiger partial charge is 0.280 e. The fraction of sp³-hybridized carbons (Fsp3) is 0.273. The Morgan fingerprint density at radius 1 is 1.19 bits per heavy atom. The highest BCUT2D eigenvalue weighted by Gasteiger charge is 2.28. The van der Waals surface area contributed by atoms with E-state index in [9.17, 15) is 4.39 Å². The maximum Gasteiger partial charge on any atom is 0.280 e. The lowest BCUT2D eigenvalue weighted by molar-refractivity contribution is -0.00119. The maximum absolute atomic E-state index is 14.0. The van der Waals surface area contributed by atoms with Gasteiger partial charge in [0.25, 0.3) is 5.89 Å². The van der Waals surface area contributed by atoms with Crippen molar-refractivity contribution in [2.75, 3.05) is 13.7 Å². The second-order valence-electron chi connectivity index (χ2n) is 7.14. The van der Waals surface area contributed by atoms with Crippen LogP contribution in [0.1, 0.15) is 24.3 Å². The zero-order chi connectivity index (χ0) is 22.1. The Labute approximate surface area is 182 Å². The van der Waals surface area contributed by atoms with E-state index in [0.717, 1.165) is 17.0 Å². The molecule has 0 bridgehead atoms. The summed E-state index contributed by atoms with van der Waals surface area (Å²) in [5.41, 5.74) is 2.68. The Bertz CT molecular complexity index is 1240. The number of aromatic nitrogens is 5. The van der Waals surface area contributed by atoms with Crippen LogP contribution in [0.25, 0.3) is 23.0 Å². The van der Waals surface area contributed by atoms with Gasteiger partial charge in [0, 0.05) is 5.56 Å². The van der Waals surface area contributed by atoms with Gasteiger partial charge in [-0.25, -0.2) is 9.07 Å². The van der Waals surface area contributed by atoms with Crippen LogP contribution in [0.4, 0.5) is 4.39 Å². The van der Waals surface area contributed by atoms with Gasteiger partial charge in [-0.2, -0.15) is 4.98 Å². The molecule has 0 N–H and O–H groups in total. The average molecular weight is 437 g/mol. The molecule has 4 aromatic rings. The molecule has 1 aliphatic rings. The molecule has 0 radical (unpaired) electrons. The molecule has 1 atom stereocenters. The summed E-state index contributed by atoms with van der Waals surface area (Å²) in [7, 11) is 1.40. The van der Waals surface area contributed by atoms with Crippen LogP contribution in [-0.4, -0.2) is 38.9 Å². The topological polar surface area (TPSA) is 97.3 Å². The van der Waals surface area contributed by atoms with Crippen molar-refractivity contribution in [2.24, 2.45) is 0 Å². The standard InChI is InChI=1S/C22H20FN5O4/c1-3-30-15-7-4-13(5-8-15)19-11-28-17(12-31-19)20(25-27-28)22-24-21(26-32-22)14-6-9-18(29-2)16(23)10-14/h4-10,19H,3,11-12H2,1-2H3. The molecule has 164 valence electrons. The van der Waals surface area contributed by atoms with Crippen molar-refractivity contribution in [1.82, 2.24) is 25.1 Å². The Hall–Kier alpha value is -3.79. The number of hydrogen-bond donors (Lipinski definition) is 0. The quantitative estimate of drug-likeness (QED) is 0.449. The largest absolute Gasteiger partial charge is 0.494 e. The summed E-state index contributed by atoms with van der Waals surface area (Å²) in [6.07, 6.45) is -0.159. The fourth-order valence-corrected chi connectivity index (χ4v) is 3.57. The van der Waals surface area contributed by atoms with Crippen LogP contribution in [0.2, 0.25) is 0 Å². The van der Waals surface area contributed by atoms with E-state index in [2.05, 4.69) is 20.5 Å². The van der Waals surface area contributed by atoms with Crippen molar-refractivity contribution in [3.63, 3.8) is 0 Å². The number of ether oxygens (including phenoxy) is 3. The molecule has 5 rings (SSSR count). The molecule has 0 aliphatic carbocycles. The van der Waals surface area contributed by atoms with E-state index in [4.69, 9.17) is 18.7 Å². The number of benzene rings is 2. The molecule has 0 saturated carbocycles. The minimum atomic E-state index is -0.508. The summed E-state index contributed by atoms with van der Waals surface area (Å²) < 4.78 is 37.6. The van der Waals surface area contributed by atoms with E-state index < -0.39 is 5.82 Å². The summed E-state index contributed by atoms with van der Waals surface area (Å²) in [4.78, 5) is 4.36. The molecule has 0 amide bonds. The number of fused-ring (bicyclic) bond motifs is 1. The van der Waals surface area contributed by atoms with Gasteiger partial charge in [0.2, 0.25) is 5.82 Å². The van der Waals surface area contributed by atoms with Crippen LogP contribution in [0.3, 0.4) is 0 Å². The first-order valence-corrected chi connectivity index (χ1v) is 10.1. The highest BCUT2D eigenvalue weighted by Crippen LogP contribution is 2.32. The van der Waals surface area contributed by atoms with Crippen molar-refractivity contribution in [1.29, 1.82) is 0 Å². The highest BCUT2D eigenvalue weighted by atomic mass is 19.1. The van der Waals surface area contributed by atoms with Crippen molar-refractivity contribution in [2.45, 2.75) is 26.2 Å². The van der Waals surface area contributed by atoms with Crippen molar-refractivity contribution in [3.8, 4) is 34.5 Å². The van der Waals surface area contributed by atoms with Crippen LogP contribution >= 0.6 is 0 Å². The van der Waals surface area contributed by atoms with Crippen molar-refractivity contribution < 1.29 is 23.1 Å². The first kappa shape index (κ1) is 20.1. The number of nitrogens with zero attached hydrogens (tertiary/aromatic N) is 5. The van der Waals surface area contributed by atoms with E-state index in [0.29, 0.717) is 24.4 Å². The molecule has 10 heteroatoms. The molecular formula is C22H20FN5O4. The van der Waals surface area contributed by atoms with Crippen molar-refractivity contribution >= 4 is 0 Å². The third-order valence-corrected chi connectivity index (χ3v) is 5.20. The molecule has 0 fully saturated rings. The van der Waals surface area contributed by atoms with E-state index >= 15 is 0 Å². The fourth-order valence-electron chi connectivity index (χ4n) is 3.57. The van der Waals surface area contributed by atoms with Gasteiger partial charge in [-0.05, 0) is 42.8 Å². The molecule has 0 saturated heterocycles. The molecular weight excluding hydrogens is 417 g/mol. The molecule has 2 aromatic heterocycles. The van der Waals surface area contributed by atoms with Gasteiger partial charge in [-0.1, -0.05) is 22.5 Å². The van der Waals surface area contributed by atoms with E-state index in [-0.39, 0.29) is 30.2 Å². The van der Waals surface area contributed by atoms with Crippen LogP contribution in [0, 0.1) is 5.82 Å². The lowest BCUT2D eigenvalue weighted by Gasteiger charge is -2.24. The third-order valence-electron chi connectivity index (χ3n) is 5.20. The van der Waals surface area contributed by atoms with Gasteiger partial charge in [0.15, 0.2) is 17.3 Å². The van der Waals surface area contributed by atoms with Gasteiger partial charge < -0.3 is 18.7 Å². The van der Waals surface area contributed by atoms with E-state index in [1.807, 2.05) is 31.2 Å². The first-order chi connectivity index (χ1) is 15.7. The minimum absolute atomic E-state index is 0.143. The van der Waals surface area contributed by atoms with Gasteiger partial charge in [-0.3, -0.25) is 0 Å². The maximum atomic E-state index is 14.0. The summed E-state index contributed by atoms with van der Waals surface area (Å²) >= 11 is 0. The zero-order valence-corrected chi connectivity index (χ0v) is 17.5. The third kappa shape index (κ3) is 3.69. The Morgan fingerprint density at radius 3 is 2.78 bits per heavy atom. The average Bonchev–Trinajstić information content (AvgIpc) is 3.46. The van der Waals surface area contributed by atoms with Gasteiger partial charge in [0.05, 0.1) is 32.6 Å². The van der Waals surface area contributed by atoms with Crippen molar-refractivity contribution in [3.05, 3.63) is 59.5 Å². The second-order valence-corrected chi connectivity index (χ2v) is 7.14. The Morgan fingerprint density at radius 2 is 2.03 bits per heavy atom. The van der Waals surface area contributed by atoms with Crippen LogP contribution in [0.15, 0.2) is 47.0 Å². The summed E-state index contributed by atoms with van der Waals surface area (Å²) in [6.45, 7) is 3.36. The normalized spacial score (nSPS) is 15.4. The lowest BCUT2D eigenvalue weighted by atomic mass is 10.1. The van der Waals surface area contributed by atoms with Crippen LogP contribution in [0.5, 0.6) is 11.5 Å². The molecule has 32 heavy (non-hydrogen) atoms. The number of methoxy groups -OCH3 is 1. The monoisotopic (exact) mass is 437 g/mol. The first-order valence-electron chi connectivity index (χ1n) is 10.1.